The molecule has 0 bridgehead atoms. The average molecular weight is 274 g/mol. The Morgan fingerprint density at radius 1 is 0.810 bits per heavy atom. The maximum Gasteiger partial charge on any atom is 0.167 e. The lowest BCUT2D eigenvalue weighted by molar-refractivity contribution is 0.0993. The third-order valence-electron chi connectivity index (χ3n) is 3.84. The van der Waals surface area contributed by atoms with E-state index in [0.29, 0.717) is 6.42 Å². The summed E-state index contributed by atoms with van der Waals surface area (Å²) in [5, 5.41) is 2.40. The van der Waals surface area contributed by atoms with Gasteiger partial charge in [-0.2, -0.15) is 0 Å². The molecule has 3 rings (SSSR count). The zero-order valence-electron chi connectivity index (χ0n) is 12.2. The van der Waals surface area contributed by atoms with Crippen molar-refractivity contribution in [3.05, 3.63) is 83.4 Å². The molecule has 0 aliphatic carbocycles. The number of carbonyl (C=O) groups excluding carboxylic acids is 1. The van der Waals surface area contributed by atoms with Gasteiger partial charge < -0.3 is 0 Å². The van der Waals surface area contributed by atoms with Gasteiger partial charge in [0.2, 0.25) is 0 Å². The maximum absolute atomic E-state index is 12.4. The van der Waals surface area contributed by atoms with Crippen molar-refractivity contribution in [1.82, 2.24) is 0 Å². The highest BCUT2D eigenvalue weighted by Crippen LogP contribution is 2.17. The molecule has 21 heavy (non-hydrogen) atoms. The molecule has 0 heterocycles. The molecule has 104 valence electrons. The molecule has 0 aliphatic rings. The zero-order chi connectivity index (χ0) is 14.7. The second kappa shape index (κ2) is 5.92. The van der Waals surface area contributed by atoms with Crippen molar-refractivity contribution in [2.75, 3.05) is 0 Å². The van der Waals surface area contributed by atoms with E-state index < -0.39 is 0 Å². The zero-order valence-corrected chi connectivity index (χ0v) is 12.2. The highest BCUT2D eigenvalue weighted by atomic mass is 16.1. The monoisotopic (exact) mass is 274 g/mol. The van der Waals surface area contributed by atoms with Gasteiger partial charge in [0.1, 0.15) is 0 Å². The van der Waals surface area contributed by atoms with Gasteiger partial charge in [-0.15, -0.1) is 0 Å². The van der Waals surface area contributed by atoms with Crippen molar-refractivity contribution >= 4 is 16.6 Å². The van der Waals surface area contributed by atoms with Crippen LogP contribution in [-0.2, 0) is 12.8 Å². The Hall–Kier alpha value is -2.41. The summed E-state index contributed by atoms with van der Waals surface area (Å²) in [6.45, 7) is 2.10. The molecule has 0 spiro atoms. The molecule has 3 aromatic rings. The Kier molecular flexibility index (Phi) is 3.83. The van der Waals surface area contributed by atoms with Gasteiger partial charge in [-0.3, -0.25) is 4.79 Å². The summed E-state index contributed by atoms with van der Waals surface area (Å²) in [6, 6.07) is 22.4. The first-order valence-corrected chi connectivity index (χ1v) is 7.36. The Morgan fingerprint density at radius 3 is 2.43 bits per heavy atom. The van der Waals surface area contributed by atoms with Crippen LogP contribution in [0.1, 0.15) is 28.4 Å². The van der Waals surface area contributed by atoms with Crippen LogP contribution in [-0.4, -0.2) is 5.78 Å². The van der Waals surface area contributed by atoms with Gasteiger partial charge >= 0.3 is 0 Å². The van der Waals surface area contributed by atoms with Gasteiger partial charge in [-0.1, -0.05) is 67.6 Å². The number of ketones is 1. The van der Waals surface area contributed by atoms with E-state index in [1.54, 1.807) is 0 Å². The molecule has 0 radical (unpaired) electrons. The molecule has 0 aliphatic heterocycles. The quantitative estimate of drug-likeness (QED) is 0.623. The van der Waals surface area contributed by atoms with Crippen LogP contribution in [0.15, 0.2) is 66.7 Å². The van der Waals surface area contributed by atoms with E-state index in [1.807, 2.05) is 36.4 Å². The lowest BCUT2D eigenvalue weighted by Gasteiger charge is -2.05. The van der Waals surface area contributed by atoms with Crippen molar-refractivity contribution in [2.24, 2.45) is 0 Å². The Labute approximate surface area is 125 Å². The van der Waals surface area contributed by atoms with Crippen LogP contribution in [0, 0.1) is 0 Å². The summed E-state index contributed by atoms with van der Waals surface area (Å²) in [4.78, 5) is 12.4. The molecule has 0 unspecified atom stereocenters. The number of aryl methyl sites for hydroxylation is 1. The Bertz CT molecular complexity index is 786. The fourth-order valence-electron chi connectivity index (χ4n) is 2.60. The Morgan fingerprint density at radius 2 is 1.62 bits per heavy atom. The first-order valence-electron chi connectivity index (χ1n) is 7.36. The van der Waals surface area contributed by atoms with E-state index in [2.05, 4.69) is 37.3 Å². The third kappa shape index (κ3) is 3.03. The second-order valence-electron chi connectivity index (χ2n) is 5.34. The highest BCUT2D eigenvalue weighted by molar-refractivity contribution is 5.98. The van der Waals surface area contributed by atoms with Crippen molar-refractivity contribution in [3.63, 3.8) is 0 Å². The molecule has 0 amide bonds. The van der Waals surface area contributed by atoms with E-state index in [9.17, 15) is 4.79 Å². The van der Waals surface area contributed by atoms with Gasteiger partial charge in [0.05, 0.1) is 0 Å². The molecule has 1 nitrogen and oxygen atoms in total. The van der Waals surface area contributed by atoms with Crippen LogP contribution in [0.5, 0.6) is 0 Å². The van der Waals surface area contributed by atoms with Crippen LogP contribution in [0.3, 0.4) is 0 Å². The standard InChI is InChI=1S/C20H18O/c1-2-15-6-5-9-19(12-15)20(21)14-16-10-11-17-7-3-4-8-18(17)13-16/h3-13H,2,14H2,1H3. The first kappa shape index (κ1) is 13.6. The molecular formula is C20H18O. The third-order valence-corrected chi connectivity index (χ3v) is 3.84. The van der Waals surface area contributed by atoms with Crippen LogP contribution in [0.4, 0.5) is 0 Å². The maximum atomic E-state index is 12.4. The minimum absolute atomic E-state index is 0.181. The normalized spacial score (nSPS) is 10.7. The van der Waals surface area contributed by atoms with Crippen molar-refractivity contribution in [1.29, 1.82) is 0 Å². The number of hydrogen-bond acceptors (Lipinski definition) is 1. The van der Waals surface area contributed by atoms with E-state index in [-0.39, 0.29) is 5.78 Å². The van der Waals surface area contributed by atoms with E-state index in [4.69, 9.17) is 0 Å². The molecule has 0 saturated carbocycles. The van der Waals surface area contributed by atoms with Crippen LogP contribution in [0.25, 0.3) is 10.8 Å². The molecule has 3 aromatic carbocycles. The molecule has 0 aromatic heterocycles. The number of hydrogen-bond donors (Lipinski definition) is 0. The van der Waals surface area contributed by atoms with Crippen molar-refractivity contribution in [3.8, 4) is 0 Å². The topological polar surface area (TPSA) is 17.1 Å². The van der Waals surface area contributed by atoms with Crippen LogP contribution >= 0.6 is 0 Å². The summed E-state index contributed by atoms with van der Waals surface area (Å²) in [5.74, 6) is 0.181. The summed E-state index contributed by atoms with van der Waals surface area (Å²) in [7, 11) is 0. The molecule has 0 N–H and O–H groups in total. The minimum Gasteiger partial charge on any atom is -0.294 e. The van der Waals surface area contributed by atoms with Crippen molar-refractivity contribution in [2.45, 2.75) is 19.8 Å². The largest absolute Gasteiger partial charge is 0.294 e. The fraction of sp³-hybridized carbons (Fsp3) is 0.150. The smallest absolute Gasteiger partial charge is 0.167 e. The molecule has 0 saturated heterocycles. The number of carbonyl (C=O) groups is 1. The minimum atomic E-state index is 0.181. The molecular weight excluding hydrogens is 256 g/mol. The summed E-state index contributed by atoms with van der Waals surface area (Å²) < 4.78 is 0. The van der Waals surface area contributed by atoms with Gasteiger partial charge in [-0.25, -0.2) is 0 Å². The predicted molar refractivity (Wildman–Crippen MR) is 87.8 cm³/mol. The van der Waals surface area contributed by atoms with E-state index >= 15 is 0 Å². The predicted octanol–water partition coefficient (Wildman–Crippen LogP) is 4.83. The first-order chi connectivity index (χ1) is 10.3. The number of fused-ring (bicyclic) bond motifs is 1. The van der Waals surface area contributed by atoms with Crippen LogP contribution in [0.2, 0.25) is 0 Å². The number of Topliss-reactive ketones (excluding diaryl/α,β-unsaturated/α-hetero) is 1. The Balaban J connectivity index is 1.85. The van der Waals surface area contributed by atoms with Gasteiger partial charge in [0.25, 0.3) is 0 Å². The van der Waals surface area contributed by atoms with Crippen molar-refractivity contribution < 1.29 is 4.79 Å². The number of rotatable bonds is 4. The molecule has 0 fully saturated rings. The average Bonchev–Trinajstić information content (AvgIpc) is 2.54. The fourth-order valence-corrected chi connectivity index (χ4v) is 2.60. The SMILES string of the molecule is CCc1cccc(C(=O)Cc2ccc3ccccc3c2)c1. The van der Waals surface area contributed by atoms with E-state index in [0.717, 1.165) is 17.5 Å². The number of benzene rings is 3. The van der Waals surface area contributed by atoms with Crippen LogP contribution < -0.4 is 0 Å². The van der Waals surface area contributed by atoms with Gasteiger partial charge in [0.15, 0.2) is 5.78 Å². The van der Waals surface area contributed by atoms with E-state index in [1.165, 1.54) is 16.3 Å². The second-order valence-corrected chi connectivity index (χ2v) is 5.34. The molecule has 1 heteroatoms. The highest BCUT2D eigenvalue weighted by Gasteiger charge is 2.08. The lowest BCUT2D eigenvalue weighted by atomic mass is 9.99. The summed E-state index contributed by atoms with van der Waals surface area (Å²) in [5.41, 5.74) is 3.09. The van der Waals surface area contributed by atoms with Gasteiger partial charge in [-0.05, 0) is 34.4 Å². The molecule has 0 atom stereocenters. The summed E-state index contributed by atoms with van der Waals surface area (Å²) in [6.07, 6.45) is 1.41. The van der Waals surface area contributed by atoms with Gasteiger partial charge in [0, 0.05) is 12.0 Å². The lowest BCUT2D eigenvalue weighted by Crippen LogP contribution is -2.04. The summed E-state index contributed by atoms with van der Waals surface area (Å²) >= 11 is 0.